The summed E-state index contributed by atoms with van der Waals surface area (Å²) in [4.78, 5) is 32.5. The first-order chi connectivity index (χ1) is 16.9. The number of halogens is 1. The molecule has 3 N–H and O–H groups in total. The molecule has 0 spiro atoms. The Hall–Kier alpha value is -4.50. The van der Waals surface area contributed by atoms with Gasteiger partial charge in [0.15, 0.2) is 0 Å². The summed E-state index contributed by atoms with van der Waals surface area (Å²) in [6.07, 6.45) is 1.16. The number of nitrogens with one attached hydrogen (secondary N) is 3. The van der Waals surface area contributed by atoms with Gasteiger partial charge in [-0.05, 0) is 35.7 Å². The van der Waals surface area contributed by atoms with Crippen molar-refractivity contribution in [3.63, 3.8) is 0 Å². The number of anilines is 3. The van der Waals surface area contributed by atoms with Gasteiger partial charge in [0.25, 0.3) is 0 Å². The highest BCUT2D eigenvalue weighted by molar-refractivity contribution is 6.30. The summed E-state index contributed by atoms with van der Waals surface area (Å²) in [7, 11) is 0. The maximum absolute atomic E-state index is 13.2. The number of amides is 1. The number of hydrogen-bond acceptors (Lipinski definition) is 7. The maximum atomic E-state index is 13.2. The monoisotopic (exact) mass is 488 g/mol. The first-order valence-corrected chi connectivity index (χ1v) is 11.0. The van der Waals surface area contributed by atoms with Crippen LogP contribution in [0.2, 0.25) is 5.02 Å². The van der Waals surface area contributed by atoms with E-state index >= 15 is 0 Å². The summed E-state index contributed by atoms with van der Waals surface area (Å²) in [5.41, 5.74) is 7.67. The van der Waals surface area contributed by atoms with Crippen LogP contribution in [-0.4, -0.2) is 20.8 Å². The van der Waals surface area contributed by atoms with Crippen LogP contribution in [0.1, 0.15) is 22.6 Å². The highest BCUT2D eigenvalue weighted by Gasteiger charge is 2.26. The second-order valence-electron chi connectivity index (χ2n) is 7.63. The van der Waals surface area contributed by atoms with Crippen molar-refractivity contribution in [3.8, 4) is 0 Å². The Balaban J connectivity index is 1.61. The summed E-state index contributed by atoms with van der Waals surface area (Å²) in [6, 6.07) is 23.6. The minimum atomic E-state index is -0.641. The largest absolute Gasteiger partial charge is 0.355 e. The third-order valence-electron chi connectivity index (χ3n) is 5.29. The second-order valence-corrected chi connectivity index (χ2v) is 8.07. The highest BCUT2D eigenvalue weighted by atomic mass is 35.5. The van der Waals surface area contributed by atoms with E-state index in [4.69, 9.17) is 11.6 Å². The van der Waals surface area contributed by atoms with E-state index in [9.17, 15) is 14.9 Å². The predicted octanol–water partition coefficient (Wildman–Crippen LogP) is 5.37. The summed E-state index contributed by atoms with van der Waals surface area (Å²) >= 11 is 6.07. The molecule has 0 bridgehead atoms. The van der Waals surface area contributed by atoms with Gasteiger partial charge in [0.05, 0.1) is 10.8 Å². The Morgan fingerprint density at radius 1 is 0.943 bits per heavy atom. The van der Waals surface area contributed by atoms with Gasteiger partial charge in [-0.2, -0.15) is 0 Å². The molecular weight excluding hydrogens is 468 g/mol. The lowest BCUT2D eigenvalue weighted by Crippen LogP contribution is -2.35. The number of nitro groups is 1. The quantitative estimate of drug-likeness (QED) is 0.225. The number of aromatic nitrogens is 2. The number of carbonyl (C=O) groups excluding carboxylic acids is 1. The number of hydrogen-bond donors (Lipinski definition) is 3. The molecule has 0 saturated heterocycles. The maximum Gasteiger partial charge on any atom is 0.355 e. The summed E-state index contributed by atoms with van der Waals surface area (Å²) in [5.74, 6) is -1.26. The molecule has 35 heavy (non-hydrogen) atoms. The summed E-state index contributed by atoms with van der Waals surface area (Å²) in [6.45, 7) is 1.83. The van der Waals surface area contributed by atoms with E-state index in [-0.39, 0.29) is 11.6 Å². The molecule has 0 unspecified atom stereocenters. The van der Waals surface area contributed by atoms with Gasteiger partial charge in [-0.3, -0.25) is 25.8 Å². The molecule has 0 aliphatic carbocycles. The average Bonchev–Trinajstić information content (AvgIpc) is 2.86. The lowest BCUT2D eigenvalue weighted by molar-refractivity contribution is -0.383. The van der Waals surface area contributed by atoms with Crippen molar-refractivity contribution in [1.82, 2.24) is 15.4 Å². The zero-order valence-corrected chi connectivity index (χ0v) is 19.4. The molecular formula is C25H21ClN6O3. The molecule has 1 aromatic heterocycles. The Morgan fingerprint density at radius 3 is 2.14 bits per heavy atom. The number of rotatable bonds is 8. The number of carbonyl (C=O) groups is 1. The summed E-state index contributed by atoms with van der Waals surface area (Å²) < 4.78 is 0. The fraction of sp³-hybridized carbons (Fsp3) is 0.0800. The molecule has 0 saturated carbocycles. The molecule has 0 aliphatic rings. The van der Waals surface area contributed by atoms with E-state index < -0.39 is 22.4 Å². The molecule has 9 nitrogen and oxygen atoms in total. The van der Waals surface area contributed by atoms with Crippen LogP contribution >= 0.6 is 11.6 Å². The van der Waals surface area contributed by atoms with E-state index in [2.05, 4.69) is 26.1 Å². The number of benzene rings is 3. The van der Waals surface area contributed by atoms with Crippen LogP contribution in [0.25, 0.3) is 0 Å². The topological polar surface area (TPSA) is 122 Å². The van der Waals surface area contributed by atoms with Crippen LogP contribution in [0.15, 0.2) is 85.2 Å². The van der Waals surface area contributed by atoms with Gasteiger partial charge in [0, 0.05) is 10.7 Å². The molecule has 0 atom stereocenters. The standard InChI is InChI=1S/C25H21ClN6O3/c1-16-12-13-19(26)14-20(16)29-23-22(32(34)35)24(28-15-27-23)30-31-25(33)21(17-8-4-2-5-9-17)18-10-6-3-7-11-18/h2-15,21H,1H3,(H,31,33)(H2,27,28,29,30). The lowest BCUT2D eigenvalue weighted by Gasteiger charge is -2.18. The third kappa shape index (κ3) is 5.53. The fourth-order valence-corrected chi connectivity index (χ4v) is 3.74. The molecule has 3 aromatic carbocycles. The molecule has 1 heterocycles. The molecule has 0 fully saturated rings. The Bertz CT molecular complexity index is 1310. The van der Waals surface area contributed by atoms with Gasteiger partial charge in [-0.15, -0.1) is 0 Å². The lowest BCUT2D eigenvalue weighted by atomic mass is 9.91. The average molecular weight is 489 g/mol. The van der Waals surface area contributed by atoms with E-state index in [1.165, 1.54) is 0 Å². The van der Waals surface area contributed by atoms with Crippen molar-refractivity contribution in [2.75, 3.05) is 10.7 Å². The smallest absolute Gasteiger partial charge is 0.334 e. The van der Waals surface area contributed by atoms with Crippen LogP contribution in [0.5, 0.6) is 0 Å². The Labute approximate surface area is 206 Å². The number of nitrogens with zero attached hydrogens (tertiary/aromatic N) is 3. The van der Waals surface area contributed by atoms with E-state index in [1.807, 2.05) is 67.6 Å². The molecule has 1 amide bonds. The summed E-state index contributed by atoms with van der Waals surface area (Å²) in [5, 5.41) is 15.3. The van der Waals surface area contributed by atoms with Gasteiger partial charge in [-0.1, -0.05) is 78.3 Å². The van der Waals surface area contributed by atoms with Gasteiger partial charge in [0.1, 0.15) is 6.33 Å². The normalized spacial score (nSPS) is 10.6. The van der Waals surface area contributed by atoms with Gasteiger partial charge < -0.3 is 5.32 Å². The Morgan fingerprint density at radius 2 is 1.54 bits per heavy atom. The first-order valence-electron chi connectivity index (χ1n) is 10.6. The van der Waals surface area contributed by atoms with Crippen LogP contribution < -0.4 is 16.2 Å². The first kappa shape index (κ1) is 23.7. The van der Waals surface area contributed by atoms with Crippen molar-refractivity contribution < 1.29 is 9.72 Å². The van der Waals surface area contributed by atoms with Gasteiger partial charge in [-0.25, -0.2) is 9.97 Å². The van der Waals surface area contributed by atoms with Crippen molar-refractivity contribution in [1.29, 1.82) is 0 Å². The molecule has 10 heteroatoms. The van der Waals surface area contributed by atoms with E-state index in [1.54, 1.807) is 18.2 Å². The van der Waals surface area contributed by atoms with Crippen LogP contribution in [0.4, 0.5) is 23.0 Å². The van der Waals surface area contributed by atoms with Gasteiger partial charge in [0.2, 0.25) is 17.5 Å². The van der Waals surface area contributed by atoms with E-state index in [0.717, 1.165) is 23.0 Å². The molecule has 176 valence electrons. The zero-order valence-electron chi connectivity index (χ0n) is 18.6. The SMILES string of the molecule is Cc1ccc(Cl)cc1Nc1ncnc(NNC(=O)C(c2ccccc2)c2ccccc2)c1[N+](=O)[O-]. The fourth-order valence-electron chi connectivity index (χ4n) is 3.57. The zero-order chi connectivity index (χ0) is 24.8. The molecule has 0 aliphatic heterocycles. The van der Waals surface area contributed by atoms with E-state index in [0.29, 0.717) is 10.7 Å². The van der Waals surface area contributed by atoms with Crippen molar-refractivity contribution in [3.05, 3.63) is 117 Å². The van der Waals surface area contributed by atoms with Crippen molar-refractivity contribution in [2.24, 2.45) is 0 Å². The minimum absolute atomic E-state index is 0.0465. The van der Waals surface area contributed by atoms with Crippen molar-refractivity contribution in [2.45, 2.75) is 12.8 Å². The molecule has 4 rings (SSSR count). The van der Waals surface area contributed by atoms with Crippen molar-refractivity contribution >= 4 is 40.5 Å². The number of aryl methyl sites for hydroxylation is 1. The van der Waals surface area contributed by atoms with Gasteiger partial charge >= 0.3 is 5.69 Å². The Kier molecular flexibility index (Phi) is 7.18. The molecule has 0 radical (unpaired) electrons. The second kappa shape index (κ2) is 10.6. The highest BCUT2D eigenvalue weighted by Crippen LogP contribution is 2.33. The molecule has 4 aromatic rings. The minimum Gasteiger partial charge on any atom is -0.334 e. The van der Waals surface area contributed by atoms with Crippen LogP contribution in [-0.2, 0) is 4.79 Å². The third-order valence-corrected chi connectivity index (χ3v) is 5.52. The predicted molar refractivity (Wildman–Crippen MR) is 135 cm³/mol. The van der Waals surface area contributed by atoms with Crippen LogP contribution in [0.3, 0.4) is 0 Å². The van der Waals surface area contributed by atoms with Crippen LogP contribution in [0, 0.1) is 17.0 Å². The number of hydrazine groups is 1.